The maximum absolute atomic E-state index is 11.7. The molecule has 0 saturated carbocycles. The molecule has 0 spiro atoms. The molecule has 0 amide bonds. The lowest BCUT2D eigenvalue weighted by atomic mass is 10.1. The summed E-state index contributed by atoms with van der Waals surface area (Å²) >= 11 is 0. The average molecular weight is 207 g/mol. The zero-order chi connectivity index (χ0) is 11.5. The largest absolute Gasteiger partial charge is 0.398 e. The molecule has 3 N–H and O–H groups in total. The molecule has 0 atom stereocenters. The van der Waals surface area contributed by atoms with E-state index < -0.39 is 0 Å². The molecule has 0 saturated heterocycles. The van der Waals surface area contributed by atoms with E-state index in [9.17, 15) is 4.79 Å². The van der Waals surface area contributed by atoms with Gasteiger partial charge in [-0.1, -0.05) is 0 Å². The van der Waals surface area contributed by atoms with Crippen LogP contribution < -0.4 is 11.1 Å². The van der Waals surface area contributed by atoms with E-state index in [0.29, 0.717) is 11.3 Å². The Balaban J connectivity index is 2.66. The molecule has 4 heteroatoms. The van der Waals surface area contributed by atoms with Crippen molar-refractivity contribution in [3.05, 3.63) is 24.0 Å². The third kappa shape index (κ3) is 3.67. The first kappa shape index (κ1) is 11.7. The van der Waals surface area contributed by atoms with Crippen LogP contribution in [0.1, 0.15) is 31.1 Å². The zero-order valence-corrected chi connectivity index (χ0v) is 9.37. The Hall–Kier alpha value is -1.42. The van der Waals surface area contributed by atoms with Crippen molar-refractivity contribution in [2.24, 2.45) is 0 Å². The first-order valence-electron chi connectivity index (χ1n) is 4.88. The third-order valence-corrected chi connectivity index (χ3v) is 1.93. The van der Waals surface area contributed by atoms with Crippen molar-refractivity contribution in [1.82, 2.24) is 10.3 Å². The van der Waals surface area contributed by atoms with Crippen molar-refractivity contribution in [2.45, 2.75) is 26.3 Å². The summed E-state index contributed by atoms with van der Waals surface area (Å²) in [6.07, 6.45) is 3.07. The molecule has 1 aromatic heterocycles. The SMILES string of the molecule is CC(C)(C)NCC(=O)c1cnccc1N. The number of aromatic nitrogens is 1. The van der Waals surface area contributed by atoms with Crippen molar-refractivity contribution in [1.29, 1.82) is 0 Å². The predicted molar refractivity (Wildman–Crippen MR) is 60.7 cm³/mol. The third-order valence-electron chi connectivity index (χ3n) is 1.93. The van der Waals surface area contributed by atoms with Gasteiger partial charge in [-0.2, -0.15) is 0 Å². The summed E-state index contributed by atoms with van der Waals surface area (Å²) in [7, 11) is 0. The molecular formula is C11H17N3O. The molecule has 0 aromatic carbocycles. The molecule has 0 unspecified atom stereocenters. The van der Waals surface area contributed by atoms with Gasteiger partial charge in [-0.25, -0.2) is 0 Å². The zero-order valence-electron chi connectivity index (χ0n) is 9.37. The van der Waals surface area contributed by atoms with Gasteiger partial charge >= 0.3 is 0 Å². The number of Topliss-reactive ketones (excluding diaryl/α,β-unsaturated/α-hetero) is 1. The Labute approximate surface area is 89.9 Å². The average Bonchev–Trinajstić information content (AvgIpc) is 2.14. The number of nitrogens with two attached hydrogens (primary N) is 1. The number of hydrogen-bond acceptors (Lipinski definition) is 4. The Morgan fingerprint density at radius 2 is 2.20 bits per heavy atom. The highest BCUT2D eigenvalue weighted by Crippen LogP contribution is 2.09. The van der Waals surface area contributed by atoms with Gasteiger partial charge in [0.1, 0.15) is 0 Å². The van der Waals surface area contributed by atoms with E-state index in [1.54, 1.807) is 12.3 Å². The minimum absolute atomic E-state index is 0.0319. The van der Waals surface area contributed by atoms with Crippen molar-refractivity contribution >= 4 is 11.5 Å². The van der Waals surface area contributed by atoms with Gasteiger partial charge in [-0.3, -0.25) is 9.78 Å². The topological polar surface area (TPSA) is 68.0 Å². The minimum atomic E-state index is -0.0768. The Morgan fingerprint density at radius 1 is 1.53 bits per heavy atom. The van der Waals surface area contributed by atoms with Crippen LogP contribution in [0.3, 0.4) is 0 Å². The highest BCUT2D eigenvalue weighted by molar-refractivity contribution is 6.01. The van der Waals surface area contributed by atoms with Gasteiger partial charge in [0.15, 0.2) is 5.78 Å². The van der Waals surface area contributed by atoms with Crippen LogP contribution in [0.4, 0.5) is 5.69 Å². The summed E-state index contributed by atoms with van der Waals surface area (Å²) in [4.78, 5) is 15.6. The van der Waals surface area contributed by atoms with Crippen LogP contribution in [0.15, 0.2) is 18.5 Å². The molecule has 0 fully saturated rings. The molecule has 0 radical (unpaired) electrons. The molecular weight excluding hydrogens is 190 g/mol. The van der Waals surface area contributed by atoms with Crippen LogP contribution >= 0.6 is 0 Å². The van der Waals surface area contributed by atoms with E-state index in [1.165, 1.54) is 6.20 Å². The normalized spacial score (nSPS) is 11.4. The van der Waals surface area contributed by atoms with Crippen LogP contribution in [0.2, 0.25) is 0 Å². The molecule has 0 aliphatic heterocycles. The Bertz CT molecular complexity index is 355. The maximum atomic E-state index is 11.7. The van der Waals surface area contributed by atoms with E-state index >= 15 is 0 Å². The van der Waals surface area contributed by atoms with E-state index in [-0.39, 0.29) is 17.9 Å². The number of carbonyl (C=O) groups is 1. The summed E-state index contributed by atoms with van der Waals surface area (Å²) < 4.78 is 0. The van der Waals surface area contributed by atoms with E-state index in [4.69, 9.17) is 5.73 Å². The number of nitrogens with zero attached hydrogens (tertiary/aromatic N) is 1. The number of nitrogen functional groups attached to an aromatic ring is 1. The van der Waals surface area contributed by atoms with Crippen molar-refractivity contribution < 1.29 is 4.79 Å². The fourth-order valence-corrected chi connectivity index (χ4v) is 1.08. The summed E-state index contributed by atoms with van der Waals surface area (Å²) in [5, 5.41) is 3.11. The quantitative estimate of drug-likeness (QED) is 0.732. The first-order chi connectivity index (χ1) is 6.90. The lowest BCUT2D eigenvalue weighted by molar-refractivity contribution is 0.0982. The van der Waals surface area contributed by atoms with Gasteiger partial charge in [-0.05, 0) is 26.8 Å². The van der Waals surface area contributed by atoms with Crippen LogP contribution in [0.5, 0.6) is 0 Å². The minimum Gasteiger partial charge on any atom is -0.398 e. The van der Waals surface area contributed by atoms with Crippen LogP contribution in [-0.4, -0.2) is 22.9 Å². The number of ketones is 1. The maximum Gasteiger partial charge on any atom is 0.180 e. The van der Waals surface area contributed by atoms with Crippen molar-refractivity contribution in [3.8, 4) is 0 Å². The molecule has 82 valence electrons. The fourth-order valence-electron chi connectivity index (χ4n) is 1.08. The van der Waals surface area contributed by atoms with Crippen molar-refractivity contribution in [2.75, 3.05) is 12.3 Å². The molecule has 1 heterocycles. The first-order valence-corrected chi connectivity index (χ1v) is 4.88. The number of rotatable bonds is 3. The van der Waals surface area contributed by atoms with Gasteiger partial charge in [0.25, 0.3) is 0 Å². The van der Waals surface area contributed by atoms with E-state index in [2.05, 4.69) is 10.3 Å². The number of anilines is 1. The second-order valence-electron chi connectivity index (χ2n) is 4.49. The van der Waals surface area contributed by atoms with Crippen LogP contribution in [0, 0.1) is 0 Å². The van der Waals surface area contributed by atoms with Gasteiger partial charge in [0.05, 0.1) is 12.1 Å². The molecule has 0 bridgehead atoms. The van der Waals surface area contributed by atoms with Crippen LogP contribution in [-0.2, 0) is 0 Å². The van der Waals surface area contributed by atoms with E-state index in [1.807, 2.05) is 20.8 Å². The lowest BCUT2D eigenvalue weighted by Crippen LogP contribution is -2.39. The van der Waals surface area contributed by atoms with Gasteiger partial charge in [-0.15, -0.1) is 0 Å². The second kappa shape index (κ2) is 4.40. The van der Waals surface area contributed by atoms with Crippen molar-refractivity contribution in [3.63, 3.8) is 0 Å². The monoisotopic (exact) mass is 207 g/mol. The Morgan fingerprint density at radius 3 is 2.73 bits per heavy atom. The fraction of sp³-hybridized carbons (Fsp3) is 0.455. The molecule has 4 nitrogen and oxygen atoms in total. The number of nitrogens with one attached hydrogen (secondary N) is 1. The summed E-state index contributed by atoms with van der Waals surface area (Å²) in [5.74, 6) is -0.0319. The Kier molecular flexibility index (Phi) is 3.42. The van der Waals surface area contributed by atoms with Gasteiger partial charge < -0.3 is 11.1 Å². The van der Waals surface area contributed by atoms with Gasteiger partial charge in [0, 0.05) is 23.6 Å². The summed E-state index contributed by atoms with van der Waals surface area (Å²) in [6, 6.07) is 1.63. The molecule has 1 aromatic rings. The highest BCUT2D eigenvalue weighted by Gasteiger charge is 2.14. The smallest absolute Gasteiger partial charge is 0.180 e. The summed E-state index contributed by atoms with van der Waals surface area (Å²) in [6.45, 7) is 6.30. The highest BCUT2D eigenvalue weighted by atomic mass is 16.1. The van der Waals surface area contributed by atoms with Gasteiger partial charge in [0.2, 0.25) is 0 Å². The second-order valence-corrected chi connectivity index (χ2v) is 4.49. The lowest BCUT2D eigenvalue weighted by Gasteiger charge is -2.19. The number of pyridine rings is 1. The predicted octanol–water partition coefficient (Wildman–Crippen LogP) is 1.23. The van der Waals surface area contributed by atoms with E-state index in [0.717, 1.165) is 0 Å². The summed E-state index contributed by atoms with van der Waals surface area (Å²) in [5.41, 5.74) is 6.55. The standard InChI is InChI=1S/C11H17N3O/c1-11(2,3)14-7-10(15)8-6-13-5-4-9(8)12/h4-6,14H,7H2,1-3H3,(H2,12,13). The molecule has 0 aliphatic rings. The molecule has 15 heavy (non-hydrogen) atoms. The number of carbonyl (C=O) groups excluding carboxylic acids is 1. The molecule has 1 rings (SSSR count). The number of hydrogen-bond donors (Lipinski definition) is 2. The van der Waals surface area contributed by atoms with Crippen LogP contribution in [0.25, 0.3) is 0 Å². The molecule has 0 aliphatic carbocycles.